The first-order chi connectivity index (χ1) is 10.2. The molecular formula is C17H26IN3O. The summed E-state index contributed by atoms with van der Waals surface area (Å²) < 4.78 is 5.87. The van der Waals surface area contributed by atoms with Crippen LogP contribution < -0.4 is 15.4 Å². The number of halogens is 1. The van der Waals surface area contributed by atoms with Crippen LogP contribution in [0.2, 0.25) is 0 Å². The third-order valence-electron chi connectivity index (χ3n) is 3.62. The van der Waals surface area contributed by atoms with Gasteiger partial charge in [0, 0.05) is 13.1 Å². The predicted octanol–water partition coefficient (Wildman–Crippen LogP) is 3.18. The van der Waals surface area contributed by atoms with Crippen molar-refractivity contribution in [2.24, 2.45) is 4.99 Å². The van der Waals surface area contributed by atoms with Crippen molar-refractivity contribution in [3.05, 3.63) is 41.5 Å². The lowest BCUT2D eigenvalue weighted by Gasteiger charge is -2.17. The Morgan fingerprint density at radius 3 is 2.45 bits per heavy atom. The largest absolute Gasteiger partial charge is 0.491 e. The van der Waals surface area contributed by atoms with E-state index in [4.69, 9.17) is 4.74 Å². The normalized spacial score (nSPS) is 14.6. The van der Waals surface area contributed by atoms with Crippen LogP contribution in [0.25, 0.3) is 0 Å². The molecule has 0 saturated heterocycles. The quantitative estimate of drug-likeness (QED) is 0.255. The minimum atomic E-state index is 0. The number of nitrogens with zero attached hydrogens (tertiary/aromatic N) is 1. The van der Waals surface area contributed by atoms with E-state index in [0.29, 0.717) is 12.6 Å². The maximum absolute atomic E-state index is 5.87. The molecule has 2 rings (SSSR count). The fraction of sp³-hybridized carbons (Fsp3) is 0.471. The van der Waals surface area contributed by atoms with Crippen molar-refractivity contribution in [2.75, 3.05) is 20.2 Å². The van der Waals surface area contributed by atoms with Crippen molar-refractivity contribution >= 4 is 29.9 Å². The summed E-state index contributed by atoms with van der Waals surface area (Å²) in [5, 5.41) is 6.70. The predicted molar refractivity (Wildman–Crippen MR) is 103 cm³/mol. The van der Waals surface area contributed by atoms with Crippen molar-refractivity contribution in [2.45, 2.75) is 32.7 Å². The fourth-order valence-electron chi connectivity index (χ4n) is 2.47. The molecule has 0 aliphatic heterocycles. The van der Waals surface area contributed by atoms with Crippen LogP contribution in [0.4, 0.5) is 0 Å². The number of ether oxygens (including phenoxy) is 1. The number of para-hydroxylation sites is 1. The molecule has 0 amide bonds. The van der Waals surface area contributed by atoms with Gasteiger partial charge >= 0.3 is 0 Å². The molecule has 0 unspecified atom stereocenters. The molecule has 0 saturated carbocycles. The molecule has 1 aromatic rings. The van der Waals surface area contributed by atoms with Crippen molar-refractivity contribution in [3.63, 3.8) is 0 Å². The van der Waals surface area contributed by atoms with Gasteiger partial charge in [0.15, 0.2) is 5.96 Å². The smallest absolute Gasteiger partial charge is 0.191 e. The van der Waals surface area contributed by atoms with E-state index in [1.165, 1.54) is 11.1 Å². The Kier molecular flexibility index (Phi) is 8.30. The summed E-state index contributed by atoms with van der Waals surface area (Å²) in [5.41, 5.74) is 2.35. The number of benzene rings is 1. The molecule has 2 N–H and O–H groups in total. The summed E-state index contributed by atoms with van der Waals surface area (Å²) in [7, 11) is 1.80. The topological polar surface area (TPSA) is 45.7 Å². The third-order valence-corrected chi connectivity index (χ3v) is 3.62. The van der Waals surface area contributed by atoms with Gasteiger partial charge in [-0.25, -0.2) is 0 Å². The lowest BCUT2D eigenvalue weighted by Crippen LogP contribution is -2.43. The Morgan fingerprint density at radius 1 is 1.23 bits per heavy atom. The zero-order chi connectivity index (χ0) is 15.1. The highest BCUT2D eigenvalue weighted by Crippen LogP contribution is 2.21. The third kappa shape index (κ3) is 5.51. The summed E-state index contributed by atoms with van der Waals surface area (Å²) in [4.78, 5) is 4.24. The molecule has 0 aromatic heterocycles. The van der Waals surface area contributed by atoms with Gasteiger partial charge in [0.1, 0.15) is 12.4 Å². The summed E-state index contributed by atoms with van der Waals surface area (Å²) in [6, 6.07) is 6.67. The minimum Gasteiger partial charge on any atom is -0.491 e. The SMILES string of the molecule is CN=C(NCCOc1c(C)cccc1C)NC1CC=CC1.I. The van der Waals surface area contributed by atoms with Crippen LogP contribution in [0.1, 0.15) is 24.0 Å². The van der Waals surface area contributed by atoms with Gasteiger partial charge < -0.3 is 15.4 Å². The van der Waals surface area contributed by atoms with Gasteiger partial charge in [0.2, 0.25) is 0 Å². The molecule has 0 atom stereocenters. The van der Waals surface area contributed by atoms with E-state index in [1.54, 1.807) is 7.05 Å². The summed E-state index contributed by atoms with van der Waals surface area (Å²) in [6.45, 7) is 5.50. The Bertz CT molecular complexity index is 500. The number of hydrogen-bond donors (Lipinski definition) is 2. The van der Waals surface area contributed by atoms with Gasteiger partial charge in [-0.3, -0.25) is 4.99 Å². The Balaban J connectivity index is 0.00000242. The van der Waals surface area contributed by atoms with E-state index in [-0.39, 0.29) is 24.0 Å². The summed E-state index contributed by atoms with van der Waals surface area (Å²) in [5.74, 6) is 1.83. The van der Waals surface area contributed by atoms with Crippen LogP contribution in [-0.2, 0) is 0 Å². The molecular weight excluding hydrogens is 389 g/mol. The maximum atomic E-state index is 5.87. The van der Waals surface area contributed by atoms with E-state index in [2.05, 4.69) is 59.8 Å². The molecule has 0 fully saturated rings. The number of aliphatic imine (C=N–C) groups is 1. The molecule has 0 heterocycles. The van der Waals surface area contributed by atoms with Crippen molar-refractivity contribution in [3.8, 4) is 5.75 Å². The maximum Gasteiger partial charge on any atom is 0.191 e. The average Bonchev–Trinajstić information content (AvgIpc) is 2.97. The number of rotatable bonds is 5. The first kappa shape index (κ1) is 18.8. The molecule has 0 bridgehead atoms. The van der Waals surface area contributed by atoms with Gasteiger partial charge in [0.05, 0.1) is 6.54 Å². The Morgan fingerprint density at radius 2 is 1.86 bits per heavy atom. The minimum absolute atomic E-state index is 0. The molecule has 1 aliphatic carbocycles. The van der Waals surface area contributed by atoms with E-state index >= 15 is 0 Å². The van der Waals surface area contributed by atoms with E-state index < -0.39 is 0 Å². The fourth-order valence-corrected chi connectivity index (χ4v) is 2.47. The summed E-state index contributed by atoms with van der Waals surface area (Å²) >= 11 is 0. The van der Waals surface area contributed by atoms with Crippen LogP contribution in [0.3, 0.4) is 0 Å². The van der Waals surface area contributed by atoms with Crippen molar-refractivity contribution < 1.29 is 4.74 Å². The Labute approximate surface area is 150 Å². The van der Waals surface area contributed by atoms with E-state index in [0.717, 1.165) is 31.1 Å². The van der Waals surface area contributed by atoms with E-state index in [1.807, 2.05) is 0 Å². The van der Waals surface area contributed by atoms with Gasteiger partial charge in [-0.1, -0.05) is 30.4 Å². The van der Waals surface area contributed by atoms with E-state index in [9.17, 15) is 0 Å². The molecule has 4 nitrogen and oxygen atoms in total. The second-order valence-corrected chi connectivity index (χ2v) is 5.35. The first-order valence-corrected chi connectivity index (χ1v) is 7.52. The van der Waals surface area contributed by atoms with Crippen LogP contribution in [0, 0.1) is 13.8 Å². The standard InChI is InChI=1S/C17H25N3O.HI/c1-13-7-6-8-14(2)16(13)21-12-11-19-17(18-3)20-15-9-4-5-10-15;/h4-8,15H,9-12H2,1-3H3,(H2,18,19,20);1H. The highest BCUT2D eigenvalue weighted by molar-refractivity contribution is 14.0. The first-order valence-electron chi connectivity index (χ1n) is 7.52. The zero-order valence-electron chi connectivity index (χ0n) is 13.6. The molecule has 22 heavy (non-hydrogen) atoms. The number of nitrogens with one attached hydrogen (secondary N) is 2. The van der Waals surface area contributed by atoms with Crippen LogP contribution in [0.15, 0.2) is 35.3 Å². The van der Waals surface area contributed by atoms with Gasteiger partial charge in [-0.15, -0.1) is 24.0 Å². The number of hydrogen-bond acceptors (Lipinski definition) is 2. The lowest BCUT2D eigenvalue weighted by molar-refractivity contribution is 0.317. The Hall–Kier alpha value is -1.24. The highest BCUT2D eigenvalue weighted by atomic mass is 127. The van der Waals surface area contributed by atoms with Crippen LogP contribution in [0.5, 0.6) is 5.75 Å². The zero-order valence-corrected chi connectivity index (χ0v) is 15.9. The average molecular weight is 415 g/mol. The second kappa shape index (κ2) is 9.71. The summed E-state index contributed by atoms with van der Waals surface area (Å²) in [6.07, 6.45) is 6.54. The van der Waals surface area contributed by atoms with Crippen molar-refractivity contribution in [1.82, 2.24) is 10.6 Å². The number of guanidine groups is 1. The van der Waals surface area contributed by atoms with Gasteiger partial charge in [-0.05, 0) is 37.8 Å². The van der Waals surface area contributed by atoms with Gasteiger partial charge in [-0.2, -0.15) is 0 Å². The molecule has 0 radical (unpaired) electrons. The molecule has 5 heteroatoms. The lowest BCUT2D eigenvalue weighted by atomic mass is 10.1. The highest BCUT2D eigenvalue weighted by Gasteiger charge is 2.11. The van der Waals surface area contributed by atoms with Crippen molar-refractivity contribution in [1.29, 1.82) is 0 Å². The molecule has 0 spiro atoms. The van der Waals surface area contributed by atoms with Gasteiger partial charge in [0.25, 0.3) is 0 Å². The monoisotopic (exact) mass is 415 g/mol. The molecule has 1 aromatic carbocycles. The van der Waals surface area contributed by atoms with Crippen LogP contribution >= 0.6 is 24.0 Å². The number of aryl methyl sites for hydroxylation is 2. The second-order valence-electron chi connectivity index (χ2n) is 5.35. The van der Waals surface area contributed by atoms with Crippen LogP contribution in [-0.4, -0.2) is 32.2 Å². The molecule has 1 aliphatic rings. The molecule has 122 valence electrons.